The first kappa shape index (κ1) is 13.1. The van der Waals surface area contributed by atoms with Crippen molar-refractivity contribution in [2.45, 2.75) is 19.3 Å². The molecule has 0 aliphatic rings. The fraction of sp³-hybridized carbons (Fsp3) is 0.308. The highest BCUT2D eigenvalue weighted by molar-refractivity contribution is 5.96. The molecule has 0 atom stereocenters. The van der Waals surface area contributed by atoms with Gasteiger partial charge in [0, 0.05) is 12.0 Å². The molecule has 0 fully saturated rings. The molecular formula is C13H16N4O2. The Labute approximate surface area is 111 Å². The van der Waals surface area contributed by atoms with Crippen molar-refractivity contribution in [2.75, 3.05) is 12.3 Å². The second-order valence-electron chi connectivity index (χ2n) is 4.93. The van der Waals surface area contributed by atoms with E-state index in [2.05, 4.69) is 20.3 Å². The van der Waals surface area contributed by atoms with Gasteiger partial charge in [0.25, 0.3) is 5.91 Å². The zero-order chi connectivity index (χ0) is 13.9. The Balaban J connectivity index is 2.03. The number of rotatable bonds is 4. The largest absolute Gasteiger partial charge is 0.379 e. The Morgan fingerprint density at radius 1 is 1.32 bits per heavy atom. The van der Waals surface area contributed by atoms with Gasteiger partial charge in [-0.05, 0) is 15.9 Å². The lowest BCUT2D eigenvalue weighted by Gasteiger charge is -2.25. The summed E-state index contributed by atoms with van der Waals surface area (Å²) in [6.45, 7) is 4.56. The number of nitrogens with one attached hydrogen (secondary N) is 1. The van der Waals surface area contributed by atoms with Gasteiger partial charge in [-0.15, -0.1) is 0 Å². The molecule has 6 nitrogen and oxygen atoms in total. The van der Waals surface area contributed by atoms with Gasteiger partial charge in [0.05, 0.1) is 0 Å². The van der Waals surface area contributed by atoms with E-state index >= 15 is 0 Å². The normalized spacial score (nSPS) is 11.3. The molecule has 1 amide bonds. The molecule has 0 saturated carbocycles. The minimum Gasteiger partial charge on any atom is -0.379 e. The molecule has 2 rings (SSSR count). The standard InChI is InChI=1S/C13H16N4O2/c1-13(2,9-6-4-3-5-7-9)8-15-12(18)10-11(14)17-19-16-10/h3-7H,8H2,1-2H3,(H2,14,17)(H,15,18). The molecule has 19 heavy (non-hydrogen) atoms. The minimum absolute atomic E-state index is 0.00461. The van der Waals surface area contributed by atoms with Crippen molar-refractivity contribution in [1.29, 1.82) is 0 Å². The third kappa shape index (κ3) is 2.90. The van der Waals surface area contributed by atoms with E-state index in [0.717, 1.165) is 5.56 Å². The van der Waals surface area contributed by atoms with Crippen molar-refractivity contribution in [1.82, 2.24) is 15.6 Å². The number of anilines is 1. The number of aromatic nitrogens is 2. The first-order valence-corrected chi connectivity index (χ1v) is 5.92. The number of benzene rings is 1. The second kappa shape index (κ2) is 5.09. The van der Waals surface area contributed by atoms with E-state index in [9.17, 15) is 4.79 Å². The van der Waals surface area contributed by atoms with Crippen molar-refractivity contribution < 1.29 is 9.42 Å². The molecular weight excluding hydrogens is 244 g/mol. The van der Waals surface area contributed by atoms with E-state index in [0.29, 0.717) is 6.54 Å². The van der Waals surface area contributed by atoms with E-state index in [1.54, 1.807) is 0 Å². The SMILES string of the molecule is CC(C)(CNC(=O)c1nonc1N)c1ccccc1. The maximum Gasteiger partial charge on any atom is 0.277 e. The summed E-state index contributed by atoms with van der Waals surface area (Å²) in [7, 11) is 0. The maximum absolute atomic E-state index is 11.9. The number of hydrogen-bond donors (Lipinski definition) is 2. The van der Waals surface area contributed by atoms with Crippen LogP contribution in [-0.2, 0) is 5.41 Å². The third-order valence-electron chi connectivity index (χ3n) is 2.98. The quantitative estimate of drug-likeness (QED) is 0.865. The van der Waals surface area contributed by atoms with Gasteiger partial charge in [-0.25, -0.2) is 4.63 Å². The summed E-state index contributed by atoms with van der Waals surface area (Å²) in [5.74, 6) is -0.391. The van der Waals surface area contributed by atoms with Crippen LogP contribution in [-0.4, -0.2) is 22.8 Å². The van der Waals surface area contributed by atoms with Crippen molar-refractivity contribution in [3.05, 3.63) is 41.6 Å². The Kier molecular flexibility index (Phi) is 3.50. The summed E-state index contributed by atoms with van der Waals surface area (Å²) < 4.78 is 4.40. The number of nitrogen functional groups attached to an aromatic ring is 1. The predicted octanol–water partition coefficient (Wildman–Crippen LogP) is 1.36. The van der Waals surface area contributed by atoms with Crippen LogP contribution in [0.2, 0.25) is 0 Å². The summed E-state index contributed by atoms with van der Waals surface area (Å²) in [6, 6.07) is 9.95. The van der Waals surface area contributed by atoms with Gasteiger partial charge in [-0.2, -0.15) is 0 Å². The number of hydrogen-bond acceptors (Lipinski definition) is 5. The van der Waals surface area contributed by atoms with Gasteiger partial charge in [0.1, 0.15) is 0 Å². The third-order valence-corrected chi connectivity index (χ3v) is 2.98. The van der Waals surface area contributed by atoms with Crippen molar-refractivity contribution >= 4 is 11.7 Å². The zero-order valence-electron chi connectivity index (χ0n) is 10.9. The lowest BCUT2D eigenvalue weighted by Crippen LogP contribution is -2.37. The Hall–Kier alpha value is -2.37. The number of nitrogens with zero attached hydrogens (tertiary/aromatic N) is 2. The first-order valence-electron chi connectivity index (χ1n) is 5.92. The van der Waals surface area contributed by atoms with Crippen LogP contribution in [0.15, 0.2) is 35.0 Å². The van der Waals surface area contributed by atoms with Crippen LogP contribution >= 0.6 is 0 Å². The summed E-state index contributed by atoms with van der Waals surface area (Å²) in [5.41, 5.74) is 6.43. The molecule has 0 saturated heterocycles. The molecule has 3 N–H and O–H groups in total. The minimum atomic E-state index is -0.386. The van der Waals surface area contributed by atoms with Gasteiger partial charge >= 0.3 is 0 Å². The molecule has 1 heterocycles. The maximum atomic E-state index is 11.9. The van der Waals surface area contributed by atoms with Crippen molar-refractivity contribution in [2.24, 2.45) is 0 Å². The van der Waals surface area contributed by atoms with E-state index in [1.165, 1.54) is 0 Å². The molecule has 6 heteroatoms. The van der Waals surface area contributed by atoms with Crippen LogP contribution in [0.3, 0.4) is 0 Å². The second-order valence-corrected chi connectivity index (χ2v) is 4.93. The monoisotopic (exact) mass is 260 g/mol. The molecule has 0 radical (unpaired) electrons. The highest BCUT2D eigenvalue weighted by Gasteiger charge is 2.23. The Morgan fingerprint density at radius 3 is 2.58 bits per heavy atom. The first-order chi connectivity index (χ1) is 9.00. The highest BCUT2D eigenvalue weighted by atomic mass is 16.6. The molecule has 1 aromatic carbocycles. The summed E-state index contributed by atoms with van der Waals surface area (Å²) in [4.78, 5) is 11.9. The number of carbonyl (C=O) groups excluding carboxylic acids is 1. The van der Waals surface area contributed by atoms with Gasteiger partial charge < -0.3 is 11.1 Å². The molecule has 0 unspecified atom stereocenters. The number of nitrogens with two attached hydrogens (primary N) is 1. The van der Waals surface area contributed by atoms with Crippen LogP contribution in [0.25, 0.3) is 0 Å². The van der Waals surface area contributed by atoms with Crippen LogP contribution in [0.5, 0.6) is 0 Å². The predicted molar refractivity (Wildman–Crippen MR) is 70.5 cm³/mol. The van der Waals surface area contributed by atoms with E-state index in [1.807, 2.05) is 44.2 Å². The Bertz CT molecular complexity index is 563. The van der Waals surface area contributed by atoms with Gasteiger partial charge in [0.2, 0.25) is 11.5 Å². The highest BCUT2D eigenvalue weighted by Crippen LogP contribution is 2.21. The number of carbonyl (C=O) groups is 1. The molecule has 100 valence electrons. The van der Waals surface area contributed by atoms with Crippen LogP contribution in [0.1, 0.15) is 29.9 Å². The van der Waals surface area contributed by atoms with Crippen molar-refractivity contribution in [3.8, 4) is 0 Å². The molecule has 0 spiro atoms. The average molecular weight is 260 g/mol. The number of amides is 1. The molecule has 1 aromatic heterocycles. The van der Waals surface area contributed by atoms with Crippen LogP contribution in [0, 0.1) is 0 Å². The van der Waals surface area contributed by atoms with E-state index in [4.69, 9.17) is 5.73 Å². The molecule has 2 aromatic rings. The van der Waals surface area contributed by atoms with Crippen LogP contribution < -0.4 is 11.1 Å². The smallest absolute Gasteiger partial charge is 0.277 e. The van der Waals surface area contributed by atoms with Crippen LogP contribution in [0.4, 0.5) is 5.82 Å². The topological polar surface area (TPSA) is 94.0 Å². The molecule has 0 aliphatic heterocycles. The van der Waals surface area contributed by atoms with Gasteiger partial charge in [-0.1, -0.05) is 44.2 Å². The van der Waals surface area contributed by atoms with Gasteiger partial charge in [-0.3, -0.25) is 4.79 Å². The Morgan fingerprint density at radius 2 is 2.00 bits per heavy atom. The average Bonchev–Trinajstić information content (AvgIpc) is 2.83. The van der Waals surface area contributed by atoms with E-state index in [-0.39, 0.29) is 22.8 Å². The van der Waals surface area contributed by atoms with Crippen molar-refractivity contribution in [3.63, 3.8) is 0 Å². The zero-order valence-corrected chi connectivity index (χ0v) is 10.9. The fourth-order valence-electron chi connectivity index (χ4n) is 1.73. The molecule has 0 bridgehead atoms. The van der Waals surface area contributed by atoms with Gasteiger partial charge in [0.15, 0.2) is 0 Å². The summed E-state index contributed by atoms with van der Waals surface area (Å²) in [5, 5.41) is 9.62. The lowest BCUT2D eigenvalue weighted by atomic mass is 9.84. The lowest BCUT2D eigenvalue weighted by molar-refractivity contribution is 0.0936. The van der Waals surface area contributed by atoms with E-state index < -0.39 is 0 Å². The molecule has 0 aliphatic carbocycles. The fourth-order valence-corrected chi connectivity index (χ4v) is 1.73. The summed E-state index contributed by atoms with van der Waals surface area (Å²) >= 11 is 0. The summed E-state index contributed by atoms with van der Waals surface area (Å²) in [6.07, 6.45) is 0.